The molecular formula is C19H14F3NO4S3. The maximum absolute atomic E-state index is 12.9. The summed E-state index contributed by atoms with van der Waals surface area (Å²) in [4.78, 5) is 14.3. The van der Waals surface area contributed by atoms with Gasteiger partial charge in [-0.3, -0.25) is 9.69 Å². The van der Waals surface area contributed by atoms with E-state index >= 15 is 0 Å². The highest BCUT2D eigenvalue weighted by Gasteiger charge is 2.42. The van der Waals surface area contributed by atoms with Crippen molar-refractivity contribution in [1.29, 1.82) is 0 Å². The summed E-state index contributed by atoms with van der Waals surface area (Å²) in [6, 6.07) is 7.34. The van der Waals surface area contributed by atoms with Gasteiger partial charge in [0.15, 0.2) is 9.84 Å². The number of carbonyl (C=O) groups excluding carboxylic acids is 1. The summed E-state index contributed by atoms with van der Waals surface area (Å²) in [5.41, 5.74) is -0.529. The smallest absolute Gasteiger partial charge is 0.416 e. The van der Waals surface area contributed by atoms with Crippen molar-refractivity contribution in [2.24, 2.45) is 0 Å². The maximum atomic E-state index is 12.9. The van der Waals surface area contributed by atoms with Crippen LogP contribution in [0.2, 0.25) is 0 Å². The second-order valence-corrected chi connectivity index (χ2v) is 10.8. The first kappa shape index (κ1) is 21.1. The highest BCUT2D eigenvalue weighted by atomic mass is 32.2. The largest absolute Gasteiger partial charge is 0.457 e. The van der Waals surface area contributed by atoms with Crippen molar-refractivity contribution < 1.29 is 30.8 Å². The normalized spacial score (nSPS) is 23.0. The molecule has 2 aromatic rings. The van der Waals surface area contributed by atoms with Gasteiger partial charge in [-0.05, 0) is 30.7 Å². The van der Waals surface area contributed by atoms with E-state index in [1.807, 2.05) is 0 Å². The number of thioether (sulfide) groups is 1. The summed E-state index contributed by atoms with van der Waals surface area (Å²) in [7, 11) is -3.18. The van der Waals surface area contributed by atoms with Gasteiger partial charge in [0.1, 0.15) is 15.8 Å². The molecule has 2 aliphatic heterocycles. The molecule has 0 spiro atoms. The molecule has 11 heteroatoms. The summed E-state index contributed by atoms with van der Waals surface area (Å²) in [5.74, 6) is 0.00947. The molecule has 4 rings (SSSR count). The van der Waals surface area contributed by atoms with Crippen LogP contribution in [-0.2, 0) is 20.8 Å². The van der Waals surface area contributed by atoms with Gasteiger partial charge in [0, 0.05) is 11.6 Å². The summed E-state index contributed by atoms with van der Waals surface area (Å²) in [5, 5.41) is 0. The van der Waals surface area contributed by atoms with E-state index in [1.54, 1.807) is 6.07 Å². The molecule has 0 N–H and O–H groups in total. The van der Waals surface area contributed by atoms with Crippen molar-refractivity contribution in [2.45, 2.75) is 18.6 Å². The van der Waals surface area contributed by atoms with Crippen molar-refractivity contribution in [3.8, 4) is 11.3 Å². The van der Waals surface area contributed by atoms with Crippen molar-refractivity contribution in [2.75, 3.05) is 11.5 Å². The molecule has 1 atom stereocenters. The zero-order valence-corrected chi connectivity index (χ0v) is 17.6. The Morgan fingerprint density at radius 1 is 1.23 bits per heavy atom. The molecule has 1 aromatic carbocycles. The van der Waals surface area contributed by atoms with Crippen LogP contribution < -0.4 is 0 Å². The first-order chi connectivity index (χ1) is 14.0. The average molecular weight is 474 g/mol. The number of hydrogen-bond acceptors (Lipinski definition) is 6. The van der Waals surface area contributed by atoms with Gasteiger partial charge >= 0.3 is 6.18 Å². The molecule has 1 amide bonds. The minimum atomic E-state index is -4.47. The van der Waals surface area contributed by atoms with Gasteiger partial charge in [-0.2, -0.15) is 13.2 Å². The summed E-state index contributed by atoms with van der Waals surface area (Å²) in [6.07, 6.45) is -2.67. The molecular weight excluding hydrogens is 459 g/mol. The fraction of sp³-hybridized carbons (Fsp3) is 0.263. The van der Waals surface area contributed by atoms with Gasteiger partial charge in [0.25, 0.3) is 5.91 Å². The molecule has 2 aliphatic rings. The highest BCUT2D eigenvalue weighted by Crippen LogP contribution is 2.37. The molecule has 1 unspecified atom stereocenters. The molecule has 1 aromatic heterocycles. The van der Waals surface area contributed by atoms with E-state index in [-0.39, 0.29) is 37.8 Å². The lowest BCUT2D eigenvalue weighted by Crippen LogP contribution is -2.39. The second kappa shape index (κ2) is 7.54. The second-order valence-electron chi connectivity index (χ2n) is 6.89. The van der Waals surface area contributed by atoms with Gasteiger partial charge in [-0.25, -0.2) is 8.42 Å². The Morgan fingerprint density at radius 2 is 2.00 bits per heavy atom. The first-order valence-electron chi connectivity index (χ1n) is 8.78. The molecule has 158 valence electrons. The van der Waals surface area contributed by atoms with Crippen molar-refractivity contribution in [3.63, 3.8) is 0 Å². The number of nitrogens with zero attached hydrogens (tertiary/aromatic N) is 1. The van der Waals surface area contributed by atoms with Crippen molar-refractivity contribution in [3.05, 3.63) is 52.6 Å². The number of rotatable bonds is 3. The predicted octanol–water partition coefficient (Wildman–Crippen LogP) is 4.35. The van der Waals surface area contributed by atoms with Crippen LogP contribution in [0.25, 0.3) is 17.4 Å². The van der Waals surface area contributed by atoms with Gasteiger partial charge in [0.05, 0.1) is 28.0 Å². The summed E-state index contributed by atoms with van der Waals surface area (Å²) < 4.78 is 68.1. The van der Waals surface area contributed by atoms with E-state index < -0.39 is 33.5 Å². The van der Waals surface area contributed by atoms with Gasteiger partial charge in [0.2, 0.25) is 0 Å². The topological polar surface area (TPSA) is 67.6 Å². The average Bonchev–Trinajstić information content (AvgIpc) is 3.33. The third-order valence-electron chi connectivity index (χ3n) is 4.77. The Labute approximate surface area is 179 Å². The van der Waals surface area contributed by atoms with E-state index in [1.165, 1.54) is 29.2 Å². The Balaban J connectivity index is 1.56. The van der Waals surface area contributed by atoms with E-state index in [0.717, 1.165) is 23.9 Å². The molecule has 0 bridgehead atoms. The van der Waals surface area contributed by atoms with E-state index in [4.69, 9.17) is 16.6 Å². The Kier molecular flexibility index (Phi) is 5.31. The Morgan fingerprint density at radius 3 is 2.67 bits per heavy atom. The fourth-order valence-electron chi connectivity index (χ4n) is 3.34. The number of hydrogen-bond donors (Lipinski definition) is 0. The predicted molar refractivity (Wildman–Crippen MR) is 111 cm³/mol. The molecule has 0 aliphatic carbocycles. The zero-order chi connectivity index (χ0) is 21.7. The summed E-state index contributed by atoms with van der Waals surface area (Å²) in [6.45, 7) is 0. The van der Waals surface area contributed by atoms with Crippen LogP contribution in [-0.4, -0.2) is 41.1 Å². The molecule has 2 saturated heterocycles. The maximum Gasteiger partial charge on any atom is 0.416 e. The third kappa shape index (κ3) is 4.19. The number of benzene rings is 1. The van der Waals surface area contributed by atoms with E-state index in [9.17, 15) is 26.4 Å². The highest BCUT2D eigenvalue weighted by molar-refractivity contribution is 8.26. The quantitative estimate of drug-likeness (QED) is 0.488. The molecule has 3 heterocycles. The fourth-order valence-corrected chi connectivity index (χ4v) is 6.42. The van der Waals surface area contributed by atoms with Gasteiger partial charge in [-0.1, -0.05) is 36.1 Å². The van der Waals surface area contributed by atoms with Gasteiger partial charge in [-0.15, -0.1) is 0 Å². The standard InChI is InChI=1S/C19H14F3NO4S3/c20-19(21,22)12-3-1-2-11(8-12)15-5-4-14(27-15)9-16-17(24)23(18(28)29-16)13-6-7-30(25,26)10-13/h1-5,8-9,13H,6-7,10H2. The van der Waals surface area contributed by atoms with Crippen LogP contribution in [0.3, 0.4) is 0 Å². The van der Waals surface area contributed by atoms with Gasteiger partial charge < -0.3 is 4.42 Å². The lowest BCUT2D eigenvalue weighted by molar-refractivity contribution is -0.137. The number of alkyl halides is 3. The minimum absolute atomic E-state index is 0.0201. The zero-order valence-electron chi connectivity index (χ0n) is 15.2. The molecule has 5 nitrogen and oxygen atoms in total. The number of sulfone groups is 1. The number of carbonyl (C=O) groups is 1. The number of thiocarbonyl (C=S) groups is 1. The van der Waals surface area contributed by atoms with Crippen LogP contribution in [0.5, 0.6) is 0 Å². The Bertz CT molecular complexity index is 1170. The molecule has 0 saturated carbocycles. The van der Waals surface area contributed by atoms with Crippen LogP contribution in [0, 0.1) is 0 Å². The monoisotopic (exact) mass is 473 g/mol. The molecule has 0 radical (unpaired) electrons. The molecule has 2 fully saturated rings. The van der Waals surface area contributed by atoms with Crippen LogP contribution >= 0.6 is 24.0 Å². The summed E-state index contributed by atoms with van der Waals surface area (Å²) >= 11 is 6.29. The number of halogens is 3. The number of amides is 1. The first-order valence-corrected chi connectivity index (χ1v) is 11.8. The number of furan rings is 1. The van der Waals surface area contributed by atoms with Crippen LogP contribution in [0.15, 0.2) is 45.7 Å². The third-order valence-corrected chi connectivity index (χ3v) is 7.85. The van der Waals surface area contributed by atoms with E-state index in [0.29, 0.717) is 6.42 Å². The Hall–Kier alpha value is -2.11. The minimum Gasteiger partial charge on any atom is -0.457 e. The van der Waals surface area contributed by atoms with Crippen LogP contribution in [0.1, 0.15) is 17.7 Å². The van der Waals surface area contributed by atoms with Crippen LogP contribution in [0.4, 0.5) is 13.2 Å². The SMILES string of the molecule is O=C1C(=Cc2ccc(-c3cccc(C(F)(F)F)c3)o2)SC(=S)N1C1CCS(=O)(=O)C1. The van der Waals surface area contributed by atoms with E-state index in [2.05, 4.69) is 0 Å². The lowest BCUT2D eigenvalue weighted by atomic mass is 10.1. The molecule has 30 heavy (non-hydrogen) atoms. The lowest BCUT2D eigenvalue weighted by Gasteiger charge is -2.20. The van der Waals surface area contributed by atoms with Crippen molar-refractivity contribution in [1.82, 2.24) is 4.90 Å². The van der Waals surface area contributed by atoms with Crippen molar-refractivity contribution >= 4 is 50.1 Å².